The van der Waals surface area contributed by atoms with E-state index in [-0.39, 0.29) is 17.4 Å². The van der Waals surface area contributed by atoms with Gasteiger partial charge in [0.15, 0.2) is 10.9 Å². The van der Waals surface area contributed by atoms with Crippen LogP contribution in [0.15, 0.2) is 59.8 Å². The highest BCUT2D eigenvalue weighted by Gasteiger charge is 2.19. The van der Waals surface area contributed by atoms with Gasteiger partial charge >= 0.3 is 0 Å². The molecule has 0 radical (unpaired) electrons. The van der Waals surface area contributed by atoms with Crippen molar-refractivity contribution in [3.63, 3.8) is 0 Å². The minimum atomic E-state index is -0.180. The molecule has 2 heterocycles. The van der Waals surface area contributed by atoms with Gasteiger partial charge in [0.1, 0.15) is 5.82 Å². The number of amides is 1. The average Bonchev–Trinajstić information content (AvgIpc) is 3.20. The molecule has 0 spiro atoms. The minimum absolute atomic E-state index is 0.0801. The molecular weight excluding hydrogens is 434 g/mol. The molecule has 7 nitrogen and oxygen atoms in total. The van der Waals surface area contributed by atoms with Crippen LogP contribution in [0.25, 0.3) is 0 Å². The number of benzene rings is 2. The zero-order valence-electron chi connectivity index (χ0n) is 18.9. The largest absolute Gasteiger partial charge is 0.325 e. The fourth-order valence-corrected chi connectivity index (χ4v) is 4.76. The van der Waals surface area contributed by atoms with Gasteiger partial charge in [-0.15, -0.1) is 10.2 Å². The molecule has 0 bridgehead atoms. The molecule has 33 heavy (non-hydrogen) atoms. The van der Waals surface area contributed by atoms with Crippen molar-refractivity contribution in [2.75, 3.05) is 24.2 Å². The van der Waals surface area contributed by atoms with Crippen molar-refractivity contribution in [3.05, 3.63) is 71.5 Å². The quantitative estimate of drug-likeness (QED) is 0.378. The van der Waals surface area contributed by atoms with Crippen LogP contribution in [0.4, 0.5) is 5.69 Å². The van der Waals surface area contributed by atoms with Crippen molar-refractivity contribution in [2.24, 2.45) is 0 Å². The van der Waals surface area contributed by atoms with Crippen LogP contribution < -0.4 is 5.32 Å². The van der Waals surface area contributed by atoms with Gasteiger partial charge in [-0.2, -0.15) is 0 Å². The third-order valence-corrected chi connectivity index (χ3v) is 6.67. The topological polar surface area (TPSA) is 80.1 Å². The van der Waals surface area contributed by atoms with Gasteiger partial charge in [-0.1, -0.05) is 60.6 Å². The van der Waals surface area contributed by atoms with Crippen LogP contribution in [0.2, 0.25) is 0 Å². The highest BCUT2D eigenvalue weighted by atomic mass is 32.2. The Bertz CT molecular complexity index is 1090. The third-order valence-electron chi connectivity index (χ3n) is 5.70. The number of nitrogens with zero attached hydrogens (tertiary/aromatic N) is 4. The molecule has 3 aromatic rings. The number of Topliss-reactive ketones (excluding diaryl/α,β-unsaturated/α-hetero) is 1. The summed E-state index contributed by atoms with van der Waals surface area (Å²) in [5, 5.41) is 12.5. The number of hydrogen-bond donors (Lipinski definition) is 1. The number of anilines is 1. The second-order valence-corrected chi connectivity index (χ2v) is 9.19. The molecular formula is C25H29N5O2S. The van der Waals surface area contributed by atoms with Gasteiger partial charge in [-0.3, -0.25) is 14.5 Å². The Morgan fingerprint density at radius 3 is 2.42 bits per heavy atom. The Morgan fingerprint density at radius 2 is 1.67 bits per heavy atom. The van der Waals surface area contributed by atoms with Crippen molar-refractivity contribution in [1.29, 1.82) is 0 Å². The smallest absolute Gasteiger partial charge is 0.234 e. The molecule has 172 valence electrons. The van der Waals surface area contributed by atoms with Gasteiger partial charge in [0.25, 0.3) is 0 Å². The molecule has 1 amide bonds. The average molecular weight is 464 g/mol. The fraction of sp³-hybridized carbons (Fsp3) is 0.360. The van der Waals surface area contributed by atoms with Crippen LogP contribution in [0, 0.1) is 0 Å². The molecule has 4 rings (SSSR count). The normalized spacial score (nSPS) is 14.2. The molecule has 0 atom stereocenters. The number of aromatic nitrogens is 3. The summed E-state index contributed by atoms with van der Waals surface area (Å²) in [5.74, 6) is 0.845. The summed E-state index contributed by atoms with van der Waals surface area (Å²) in [6.45, 7) is 5.08. The highest BCUT2D eigenvalue weighted by molar-refractivity contribution is 7.99. The SMILES string of the molecule is CC(=O)c1ccccc1NC(=O)CSc1nnc(CN2CCCCC2)n1Cc1ccccc1. The second-order valence-electron chi connectivity index (χ2n) is 8.25. The van der Waals surface area contributed by atoms with Gasteiger partial charge in [0.2, 0.25) is 5.91 Å². The summed E-state index contributed by atoms with van der Waals surface area (Å²) in [6.07, 6.45) is 3.73. The lowest BCUT2D eigenvalue weighted by Crippen LogP contribution is -2.30. The van der Waals surface area contributed by atoms with Crippen LogP contribution in [-0.2, 0) is 17.9 Å². The number of para-hydroxylation sites is 1. The van der Waals surface area contributed by atoms with E-state index in [0.29, 0.717) is 17.8 Å². The predicted molar refractivity (Wildman–Crippen MR) is 130 cm³/mol. The summed E-state index contributed by atoms with van der Waals surface area (Å²) in [4.78, 5) is 26.9. The number of rotatable bonds is 9. The zero-order chi connectivity index (χ0) is 23.0. The Morgan fingerprint density at radius 1 is 0.939 bits per heavy atom. The Balaban J connectivity index is 1.47. The van der Waals surface area contributed by atoms with E-state index in [1.54, 1.807) is 24.3 Å². The number of likely N-dealkylation sites (tertiary alicyclic amines) is 1. The third kappa shape index (κ3) is 6.30. The Kier molecular flexibility index (Phi) is 7.91. The maximum absolute atomic E-state index is 12.6. The number of carbonyl (C=O) groups is 2. The fourth-order valence-electron chi connectivity index (χ4n) is 4.00. The first-order chi connectivity index (χ1) is 16.1. The summed E-state index contributed by atoms with van der Waals surface area (Å²) in [7, 11) is 0. The number of hydrogen-bond acceptors (Lipinski definition) is 6. The Hall–Kier alpha value is -2.97. The van der Waals surface area contributed by atoms with Crippen LogP contribution in [-0.4, -0.2) is 50.2 Å². The highest BCUT2D eigenvalue weighted by Crippen LogP contribution is 2.22. The zero-order valence-corrected chi connectivity index (χ0v) is 19.7. The van der Waals surface area contributed by atoms with E-state index in [4.69, 9.17) is 0 Å². The summed E-state index contributed by atoms with van der Waals surface area (Å²) in [5.41, 5.74) is 2.21. The lowest BCUT2D eigenvalue weighted by Gasteiger charge is -2.26. The minimum Gasteiger partial charge on any atom is -0.325 e. The molecule has 1 aliphatic heterocycles. The first-order valence-electron chi connectivity index (χ1n) is 11.3. The van der Waals surface area contributed by atoms with Gasteiger partial charge in [0, 0.05) is 5.56 Å². The van der Waals surface area contributed by atoms with Gasteiger partial charge < -0.3 is 9.88 Å². The summed E-state index contributed by atoms with van der Waals surface area (Å²) < 4.78 is 2.12. The number of ketones is 1. The first-order valence-corrected chi connectivity index (χ1v) is 12.3. The predicted octanol–water partition coefficient (Wildman–Crippen LogP) is 4.25. The molecule has 1 saturated heterocycles. The Labute approximate surface area is 198 Å². The van der Waals surface area contributed by atoms with Gasteiger partial charge in [-0.05, 0) is 50.6 Å². The van der Waals surface area contributed by atoms with E-state index >= 15 is 0 Å². The lowest BCUT2D eigenvalue weighted by atomic mass is 10.1. The summed E-state index contributed by atoms with van der Waals surface area (Å²) >= 11 is 1.36. The van der Waals surface area contributed by atoms with Crippen LogP contribution in [0.3, 0.4) is 0 Å². The molecule has 8 heteroatoms. The summed E-state index contributed by atoms with van der Waals surface area (Å²) in [6, 6.07) is 17.3. The molecule has 1 aliphatic rings. The molecule has 1 fully saturated rings. The maximum atomic E-state index is 12.6. The van der Waals surface area contributed by atoms with Crippen molar-refractivity contribution < 1.29 is 9.59 Å². The second kappa shape index (κ2) is 11.2. The first kappa shape index (κ1) is 23.2. The lowest BCUT2D eigenvalue weighted by molar-refractivity contribution is -0.113. The number of nitrogens with one attached hydrogen (secondary N) is 1. The molecule has 0 unspecified atom stereocenters. The van der Waals surface area contributed by atoms with E-state index < -0.39 is 0 Å². The van der Waals surface area contributed by atoms with E-state index in [0.717, 1.165) is 30.6 Å². The molecule has 1 N–H and O–H groups in total. The maximum Gasteiger partial charge on any atom is 0.234 e. The monoisotopic (exact) mass is 463 g/mol. The van der Waals surface area contributed by atoms with Crippen molar-refractivity contribution in [1.82, 2.24) is 19.7 Å². The molecule has 0 saturated carbocycles. The van der Waals surface area contributed by atoms with Gasteiger partial charge in [0.05, 0.1) is 24.5 Å². The van der Waals surface area contributed by atoms with Crippen molar-refractivity contribution in [3.8, 4) is 0 Å². The number of thioether (sulfide) groups is 1. The number of carbonyl (C=O) groups excluding carboxylic acids is 2. The van der Waals surface area contributed by atoms with Crippen LogP contribution >= 0.6 is 11.8 Å². The standard InChI is InChI=1S/C25H29N5O2S/c1-19(31)21-12-6-7-13-22(21)26-24(32)18-33-25-28-27-23(17-29-14-8-3-9-15-29)30(25)16-20-10-4-2-5-11-20/h2,4-7,10-13H,3,8-9,14-18H2,1H3,(H,26,32). The number of piperidine rings is 1. The van der Waals surface area contributed by atoms with Gasteiger partial charge in [-0.25, -0.2) is 0 Å². The molecule has 1 aromatic heterocycles. The van der Waals surface area contributed by atoms with E-state index in [9.17, 15) is 9.59 Å². The van der Waals surface area contributed by atoms with E-state index in [1.807, 2.05) is 18.2 Å². The van der Waals surface area contributed by atoms with Crippen molar-refractivity contribution in [2.45, 2.75) is 44.4 Å². The van der Waals surface area contributed by atoms with E-state index in [1.165, 1.54) is 43.5 Å². The van der Waals surface area contributed by atoms with Crippen molar-refractivity contribution >= 4 is 29.1 Å². The van der Waals surface area contributed by atoms with Crippen LogP contribution in [0.1, 0.15) is 47.9 Å². The van der Waals surface area contributed by atoms with E-state index in [2.05, 4.69) is 37.1 Å². The molecule has 2 aromatic carbocycles. The van der Waals surface area contributed by atoms with Crippen LogP contribution in [0.5, 0.6) is 0 Å². The molecule has 0 aliphatic carbocycles.